The van der Waals surface area contributed by atoms with E-state index in [1.807, 2.05) is 0 Å². The first kappa shape index (κ1) is 15.1. The minimum Gasteiger partial charge on any atom is -0.351 e. The van der Waals surface area contributed by atoms with E-state index < -0.39 is 17.9 Å². The van der Waals surface area contributed by atoms with Crippen LogP contribution in [0.1, 0.15) is 27.7 Å². The molecule has 0 saturated heterocycles. The van der Waals surface area contributed by atoms with Crippen LogP contribution in [-0.4, -0.2) is 46.2 Å². The Bertz CT molecular complexity index is 224. The van der Waals surface area contributed by atoms with Gasteiger partial charge in [0.25, 0.3) is 11.8 Å². The first-order valence-corrected chi connectivity index (χ1v) is 5.01. The zero-order valence-corrected chi connectivity index (χ0v) is 10.1. The van der Waals surface area contributed by atoms with Crippen molar-refractivity contribution in [3.05, 3.63) is 0 Å². The molecule has 0 radical (unpaired) electrons. The molecule has 7 nitrogen and oxygen atoms in total. The molecule has 0 aliphatic carbocycles. The van der Waals surface area contributed by atoms with Crippen molar-refractivity contribution in [2.45, 2.75) is 39.5 Å². The molecule has 2 unspecified atom stereocenters. The third-order valence-electron chi connectivity index (χ3n) is 1.89. The number of carbonyl (C=O) groups is 1. The predicted octanol–water partition coefficient (Wildman–Crippen LogP) is -0.228. The van der Waals surface area contributed by atoms with Gasteiger partial charge in [0.05, 0.1) is 0 Å². The van der Waals surface area contributed by atoms with E-state index in [2.05, 4.69) is 0 Å². The second-order valence-corrected chi connectivity index (χ2v) is 3.41. The minimum absolute atomic E-state index is 0.138. The van der Waals surface area contributed by atoms with E-state index in [4.69, 9.17) is 15.2 Å². The number of nitrogens with zero attached hydrogens (tertiary/aromatic N) is 1. The molecule has 96 valence electrons. The highest BCUT2D eigenvalue weighted by molar-refractivity contribution is 5.73. The highest BCUT2D eigenvalue weighted by Crippen LogP contribution is 2.23. The number of nitrogens with two attached hydrogens (primary N) is 1. The van der Waals surface area contributed by atoms with Crippen LogP contribution in [0.3, 0.4) is 0 Å². The van der Waals surface area contributed by atoms with Gasteiger partial charge < -0.3 is 25.4 Å². The van der Waals surface area contributed by atoms with Crippen LogP contribution in [0.4, 0.5) is 4.79 Å². The number of ether oxygens (including phenoxy) is 2. The lowest BCUT2D eigenvalue weighted by molar-refractivity contribution is -0.370. The fourth-order valence-electron chi connectivity index (χ4n) is 1.47. The van der Waals surface area contributed by atoms with Gasteiger partial charge in [-0.25, -0.2) is 9.69 Å². The van der Waals surface area contributed by atoms with Gasteiger partial charge in [-0.1, -0.05) is 0 Å². The molecule has 0 aromatic rings. The van der Waals surface area contributed by atoms with Crippen LogP contribution in [0.5, 0.6) is 0 Å². The van der Waals surface area contributed by atoms with Crippen LogP contribution >= 0.6 is 0 Å². The Balaban J connectivity index is 5.07. The molecule has 0 heterocycles. The van der Waals surface area contributed by atoms with Gasteiger partial charge in [0, 0.05) is 27.1 Å². The number of primary amides is 1. The van der Waals surface area contributed by atoms with Crippen molar-refractivity contribution in [3.63, 3.8) is 0 Å². The largest absolute Gasteiger partial charge is 0.351 e. The van der Waals surface area contributed by atoms with Gasteiger partial charge in [-0.15, -0.1) is 0 Å². The molecule has 2 amide bonds. The summed E-state index contributed by atoms with van der Waals surface area (Å²) in [5, 5.41) is 19.7. The first-order valence-electron chi connectivity index (χ1n) is 5.01. The SMILES string of the molecule is CCOC(C)(O)N(C(N)=O)C(C)(O)OCC. The Kier molecular flexibility index (Phi) is 5.14. The van der Waals surface area contributed by atoms with Gasteiger partial charge in [0.2, 0.25) is 0 Å². The van der Waals surface area contributed by atoms with Gasteiger partial charge in [-0.3, -0.25) is 0 Å². The number of rotatable bonds is 6. The number of urea groups is 1. The van der Waals surface area contributed by atoms with E-state index >= 15 is 0 Å². The molecule has 0 fully saturated rings. The molecule has 0 spiro atoms. The van der Waals surface area contributed by atoms with E-state index in [0.29, 0.717) is 4.90 Å². The molecule has 0 aliphatic rings. The lowest BCUT2D eigenvalue weighted by Crippen LogP contribution is -2.64. The maximum absolute atomic E-state index is 11.2. The second-order valence-electron chi connectivity index (χ2n) is 3.41. The highest BCUT2D eigenvalue weighted by Gasteiger charge is 2.45. The monoisotopic (exact) mass is 236 g/mol. The maximum atomic E-state index is 11.2. The van der Waals surface area contributed by atoms with Crippen molar-refractivity contribution in [1.82, 2.24) is 4.90 Å². The van der Waals surface area contributed by atoms with Crippen LogP contribution in [0, 0.1) is 0 Å². The maximum Gasteiger partial charge on any atom is 0.323 e. The number of hydrogen-bond acceptors (Lipinski definition) is 5. The standard InChI is InChI=1S/C9H20N2O5/c1-5-15-8(3,13)11(7(10)12)9(4,14)16-6-2/h13-14H,5-6H2,1-4H3,(H2,10,12). The van der Waals surface area contributed by atoms with Crippen LogP contribution in [0.15, 0.2) is 0 Å². The summed E-state index contributed by atoms with van der Waals surface area (Å²) in [6.07, 6.45) is 0. The van der Waals surface area contributed by atoms with Crippen LogP contribution in [0.25, 0.3) is 0 Å². The number of amides is 2. The molecule has 2 atom stereocenters. The number of carbonyl (C=O) groups excluding carboxylic acids is 1. The molecule has 0 aromatic carbocycles. The summed E-state index contributed by atoms with van der Waals surface area (Å²) in [5.74, 6) is -4.08. The molecule has 0 aromatic heterocycles. The van der Waals surface area contributed by atoms with E-state index in [9.17, 15) is 15.0 Å². The Morgan fingerprint density at radius 2 is 1.50 bits per heavy atom. The third kappa shape index (κ3) is 3.60. The molecule has 4 N–H and O–H groups in total. The van der Waals surface area contributed by atoms with Crippen LogP contribution < -0.4 is 5.73 Å². The molecule has 0 bridgehead atoms. The predicted molar refractivity (Wildman–Crippen MR) is 55.9 cm³/mol. The summed E-state index contributed by atoms with van der Waals surface area (Å²) >= 11 is 0. The normalized spacial score (nSPS) is 18.6. The first-order chi connectivity index (χ1) is 7.19. The zero-order valence-electron chi connectivity index (χ0n) is 10.1. The summed E-state index contributed by atoms with van der Waals surface area (Å²) in [4.78, 5) is 11.7. The fraction of sp³-hybridized carbons (Fsp3) is 0.889. The number of hydrogen-bond donors (Lipinski definition) is 3. The molecular weight excluding hydrogens is 216 g/mol. The van der Waals surface area contributed by atoms with Crippen molar-refractivity contribution in [3.8, 4) is 0 Å². The average molecular weight is 236 g/mol. The van der Waals surface area contributed by atoms with Gasteiger partial charge in [0.1, 0.15) is 0 Å². The molecule has 0 aliphatic heterocycles. The van der Waals surface area contributed by atoms with Crippen molar-refractivity contribution in [2.24, 2.45) is 5.73 Å². The lowest BCUT2D eigenvalue weighted by Gasteiger charge is -2.42. The lowest BCUT2D eigenvalue weighted by atomic mass is 10.3. The van der Waals surface area contributed by atoms with E-state index in [1.165, 1.54) is 13.8 Å². The molecule has 0 rings (SSSR count). The summed E-state index contributed by atoms with van der Waals surface area (Å²) in [7, 11) is 0. The smallest absolute Gasteiger partial charge is 0.323 e. The van der Waals surface area contributed by atoms with Crippen molar-refractivity contribution >= 4 is 6.03 Å². The van der Waals surface area contributed by atoms with Gasteiger partial charge in [-0.05, 0) is 13.8 Å². The Morgan fingerprint density at radius 3 is 1.69 bits per heavy atom. The topological polar surface area (TPSA) is 105 Å². The Hall–Kier alpha value is -0.890. The van der Waals surface area contributed by atoms with E-state index in [0.717, 1.165) is 0 Å². The summed E-state index contributed by atoms with van der Waals surface area (Å²) < 4.78 is 9.85. The third-order valence-corrected chi connectivity index (χ3v) is 1.89. The second kappa shape index (κ2) is 5.44. The Morgan fingerprint density at radius 1 is 1.19 bits per heavy atom. The van der Waals surface area contributed by atoms with Crippen LogP contribution in [-0.2, 0) is 9.47 Å². The van der Waals surface area contributed by atoms with Crippen molar-refractivity contribution < 1.29 is 24.5 Å². The number of aliphatic hydroxyl groups is 2. The van der Waals surface area contributed by atoms with Crippen molar-refractivity contribution in [2.75, 3.05) is 13.2 Å². The summed E-state index contributed by atoms with van der Waals surface area (Å²) in [6.45, 7) is 5.91. The molecular formula is C9H20N2O5. The van der Waals surface area contributed by atoms with E-state index in [1.54, 1.807) is 13.8 Å². The summed E-state index contributed by atoms with van der Waals surface area (Å²) in [6, 6.07) is -1.06. The van der Waals surface area contributed by atoms with Gasteiger partial charge in [-0.2, -0.15) is 0 Å². The van der Waals surface area contributed by atoms with Crippen molar-refractivity contribution in [1.29, 1.82) is 0 Å². The fourth-order valence-corrected chi connectivity index (χ4v) is 1.47. The van der Waals surface area contributed by atoms with E-state index in [-0.39, 0.29) is 13.2 Å². The minimum atomic E-state index is -2.04. The van der Waals surface area contributed by atoms with Gasteiger partial charge in [0.15, 0.2) is 0 Å². The molecule has 7 heteroatoms. The average Bonchev–Trinajstić information content (AvgIpc) is 1.99. The van der Waals surface area contributed by atoms with Crippen LogP contribution in [0.2, 0.25) is 0 Å². The van der Waals surface area contributed by atoms with Gasteiger partial charge >= 0.3 is 6.03 Å². The highest BCUT2D eigenvalue weighted by atomic mass is 16.7. The Labute approximate surface area is 94.7 Å². The molecule has 0 saturated carbocycles. The zero-order chi connectivity index (χ0) is 13.0. The molecule has 16 heavy (non-hydrogen) atoms. The quantitative estimate of drug-likeness (QED) is 0.552. The summed E-state index contributed by atoms with van der Waals surface area (Å²) in [5.41, 5.74) is 5.08.